The maximum atomic E-state index is 11.8. The Balaban J connectivity index is 3.13. The Labute approximate surface area is 132 Å². The fourth-order valence-electron chi connectivity index (χ4n) is 1.42. The zero-order valence-electron chi connectivity index (χ0n) is 13.7. The Kier molecular flexibility index (Phi) is 4.95. The van der Waals surface area contributed by atoms with Crippen molar-refractivity contribution in [1.29, 1.82) is 0 Å². The normalized spacial score (nSPS) is 13.3. The zero-order valence-corrected chi connectivity index (χ0v) is 15.3. The Morgan fingerprint density at radius 1 is 1.14 bits per heavy atom. The molecular weight excluding hydrogens is 310 g/mol. The molecule has 0 aliphatic carbocycles. The van der Waals surface area contributed by atoms with Crippen LogP contribution in [0, 0.1) is 6.92 Å². The summed E-state index contributed by atoms with van der Waals surface area (Å²) in [5.41, 5.74) is 0.481. The first kappa shape index (κ1) is 18.2. The molecule has 5 nitrogen and oxygen atoms in total. The van der Waals surface area contributed by atoms with Gasteiger partial charge in [-0.1, -0.05) is 32.4 Å². The van der Waals surface area contributed by atoms with Crippen LogP contribution in [0.2, 0.25) is 5.15 Å². The molecule has 0 aliphatic rings. The first-order valence-electron chi connectivity index (χ1n) is 6.74. The molecule has 21 heavy (non-hydrogen) atoms. The van der Waals surface area contributed by atoms with Gasteiger partial charge >= 0.3 is 0 Å². The zero-order chi connectivity index (χ0) is 16.6. The third-order valence-corrected chi connectivity index (χ3v) is 5.96. The third-order valence-electron chi connectivity index (χ3n) is 3.44. The van der Waals surface area contributed by atoms with E-state index in [9.17, 15) is 8.42 Å². The van der Waals surface area contributed by atoms with Gasteiger partial charge in [0.2, 0.25) is 0 Å². The molecule has 0 aliphatic heterocycles. The van der Waals surface area contributed by atoms with Gasteiger partial charge in [0, 0.05) is 23.8 Å². The third kappa shape index (κ3) is 4.30. The van der Waals surface area contributed by atoms with Crippen LogP contribution >= 0.6 is 11.6 Å². The average molecular weight is 334 g/mol. The van der Waals surface area contributed by atoms with Crippen LogP contribution in [0.1, 0.15) is 46.0 Å². The van der Waals surface area contributed by atoms with E-state index in [0.717, 1.165) is 0 Å². The second-order valence-electron chi connectivity index (χ2n) is 6.95. The summed E-state index contributed by atoms with van der Waals surface area (Å²) in [5.74, 6) is 1.20. The van der Waals surface area contributed by atoms with Crippen LogP contribution in [-0.4, -0.2) is 35.9 Å². The fourth-order valence-corrected chi connectivity index (χ4v) is 1.93. The molecule has 0 aromatic carbocycles. The monoisotopic (exact) mass is 333 g/mol. The molecule has 0 radical (unpaired) electrons. The number of nitrogens with one attached hydrogen (secondary N) is 1. The minimum atomic E-state index is -3.17. The van der Waals surface area contributed by atoms with Crippen LogP contribution in [0.15, 0.2) is 0 Å². The first-order chi connectivity index (χ1) is 9.25. The van der Waals surface area contributed by atoms with E-state index >= 15 is 0 Å². The number of hydrogen-bond acceptors (Lipinski definition) is 5. The topological polar surface area (TPSA) is 72.0 Å². The average Bonchev–Trinajstić information content (AvgIpc) is 2.28. The van der Waals surface area contributed by atoms with Crippen molar-refractivity contribution in [2.24, 2.45) is 0 Å². The van der Waals surface area contributed by atoms with Gasteiger partial charge in [-0.2, -0.15) is 0 Å². The highest BCUT2D eigenvalue weighted by Crippen LogP contribution is 2.27. The van der Waals surface area contributed by atoms with Gasteiger partial charge in [0.05, 0.1) is 4.75 Å². The number of halogens is 1. The van der Waals surface area contributed by atoms with Gasteiger partial charge in [0.1, 0.15) is 16.8 Å². The lowest BCUT2D eigenvalue weighted by Crippen LogP contribution is -2.38. The van der Waals surface area contributed by atoms with Crippen LogP contribution in [-0.2, 0) is 15.3 Å². The number of rotatable bonds is 4. The summed E-state index contributed by atoms with van der Waals surface area (Å²) in [7, 11) is -3.17. The number of anilines is 1. The predicted octanol–water partition coefficient (Wildman–Crippen LogP) is 2.97. The van der Waals surface area contributed by atoms with Crippen molar-refractivity contribution in [3.63, 3.8) is 0 Å². The van der Waals surface area contributed by atoms with Crippen LogP contribution in [0.25, 0.3) is 0 Å². The van der Waals surface area contributed by atoms with E-state index < -0.39 is 14.6 Å². The van der Waals surface area contributed by atoms with Crippen LogP contribution in [0.4, 0.5) is 5.82 Å². The summed E-state index contributed by atoms with van der Waals surface area (Å²) in [5, 5.41) is 3.48. The van der Waals surface area contributed by atoms with Crippen molar-refractivity contribution >= 4 is 27.3 Å². The van der Waals surface area contributed by atoms with Crippen LogP contribution < -0.4 is 5.32 Å². The van der Waals surface area contributed by atoms with Crippen molar-refractivity contribution in [3.05, 3.63) is 16.5 Å². The quantitative estimate of drug-likeness (QED) is 0.858. The van der Waals surface area contributed by atoms with Gasteiger partial charge in [-0.15, -0.1) is 0 Å². The molecular formula is C14H24ClN3O2S. The first-order valence-corrected chi connectivity index (χ1v) is 9.01. The summed E-state index contributed by atoms with van der Waals surface area (Å²) in [6.07, 6.45) is 1.23. The van der Waals surface area contributed by atoms with E-state index in [1.807, 2.05) is 27.7 Å². The molecule has 0 saturated carbocycles. The van der Waals surface area contributed by atoms with Crippen molar-refractivity contribution in [3.8, 4) is 0 Å². The lowest BCUT2D eigenvalue weighted by molar-refractivity contribution is 0.543. The molecule has 120 valence electrons. The minimum Gasteiger partial charge on any atom is -0.368 e. The smallest absolute Gasteiger partial charge is 0.154 e. The van der Waals surface area contributed by atoms with Gasteiger partial charge in [0.15, 0.2) is 9.84 Å². The van der Waals surface area contributed by atoms with Crippen molar-refractivity contribution < 1.29 is 8.42 Å². The Bertz CT molecular complexity index is 634. The Morgan fingerprint density at radius 2 is 1.67 bits per heavy atom. The largest absolute Gasteiger partial charge is 0.368 e. The Morgan fingerprint density at radius 3 is 2.10 bits per heavy atom. The van der Waals surface area contributed by atoms with Crippen molar-refractivity contribution in [2.45, 2.75) is 51.7 Å². The number of aromatic nitrogens is 2. The van der Waals surface area contributed by atoms with Gasteiger partial charge in [-0.25, -0.2) is 18.4 Å². The lowest BCUT2D eigenvalue weighted by Gasteiger charge is -2.25. The molecule has 1 aromatic heterocycles. The molecule has 0 atom stereocenters. The van der Waals surface area contributed by atoms with E-state index in [2.05, 4.69) is 15.3 Å². The second kappa shape index (κ2) is 5.72. The standard InChI is InChI=1S/C14H24ClN3O2S/c1-9-10(15)17-12(13(2,3)4)18-11(9)16-8-14(5,6)21(7,19)20/h8H2,1-7H3,(H,16,17,18). The van der Waals surface area contributed by atoms with Gasteiger partial charge in [0.25, 0.3) is 0 Å². The van der Waals surface area contributed by atoms with E-state index in [1.54, 1.807) is 13.8 Å². The van der Waals surface area contributed by atoms with E-state index in [4.69, 9.17) is 11.6 Å². The van der Waals surface area contributed by atoms with Crippen molar-refractivity contribution in [1.82, 2.24) is 9.97 Å². The molecule has 0 unspecified atom stereocenters. The summed E-state index contributed by atoms with van der Waals surface area (Å²) < 4.78 is 22.6. The highest BCUT2D eigenvalue weighted by Gasteiger charge is 2.30. The molecule has 1 N–H and O–H groups in total. The molecule has 0 amide bonds. The molecule has 0 spiro atoms. The molecule has 7 heteroatoms. The maximum absolute atomic E-state index is 11.8. The van der Waals surface area contributed by atoms with Crippen LogP contribution in [0.5, 0.6) is 0 Å². The molecule has 0 bridgehead atoms. The van der Waals surface area contributed by atoms with E-state index in [1.165, 1.54) is 6.26 Å². The molecule has 0 fully saturated rings. The number of nitrogens with zero attached hydrogens (tertiary/aromatic N) is 2. The van der Waals surface area contributed by atoms with Crippen molar-refractivity contribution in [2.75, 3.05) is 18.1 Å². The fraction of sp³-hybridized carbons (Fsp3) is 0.714. The molecule has 1 heterocycles. The molecule has 0 saturated heterocycles. The summed E-state index contributed by atoms with van der Waals surface area (Å²) >= 11 is 6.16. The number of sulfone groups is 1. The van der Waals surface area contributed by atoms with Gasteiger partial charge in [-0.3, -0.25) is 0 Å². The summed E-state index contributed by atoms with van der Waals surface area (Å²) in [6.45, 7) is 11.4. The van der Waals surface area contributed by atoms with E-state index in [-0.39, 0.29) is 12.0 Å². The maximum Gasteiger partial charge on any atom is 0.154 e. The molecule has 1 aromatic rings. The van der Waals surface area contributed by atoms with E-state index in [0.29, 0.717) is 22.4 Å². The summed E-state index contributed by atoms with van der Waals surface area (Å²) in [6, 6.07) is 0. The Hall–Kier alpha value is -0.880. The highest BCUT2D eigenvalue weighted by atomic mass is 35.5. The number of hydrogen-bond donors (Lipinski definition) is 1. The van der Waals surface area contributed by atoms with Gasteiger partial charge < -0.3 is 5.32 Å². The lowest BCUT2D eigenvalue weighted by atomic mass is 9.95. The highest BCUT2D eigenvalue weighted by molar-refractivity contribution is 7.92. The van der Waals surface area contributed by atoms with Gasteiger partial charge in [-0.05, 0) is 20.8 Å². The minimum absolute atomic E-state index is 0.236. The summed E-state index contributed by atoms with van der Waals surface area (Å²) in [4.78, 5) is 8.78. The molecule has 1 rings (SSSR count). The predicted molar refractivity (Wildman–Crippen MR) is 87.9 cm³/mol. The SMILES string of the molecule is Cc1c(Cl)nc(C(C)(C)C)nc1NCC(C)(C)S(C)(=O)=O. The van der Waals surface area contributed by atoms with Crippen LogP contribution in [0.3, 0.4) is 0 Å². The second-order valence-corrected chi connectivity index (χ2v) is 9.95.